The third-order valence-electron chi connectivity index (χ3n) is 3.99. The molecule has 1 N–H and O–H groups in total. The number of halogens is 1. The van der Waals surface area contributed by atoms with Crippen LogP contribution in [0.3, 0.4) is 0 Å². The van der Waals surface area contributed by atoms with Crippen LogP contribution in [0.25, 0.3) is 0 Å². The second kappa shape index (κ2) is 7.88. The van der Waals surface area contributed by atoms with Gasteiger partial charge in [-0.3, -0.25) is 9.69 Å². The molecule has 1 aliphatic heterocycles. The first-order valence-electron chi connectivity index (χ1n) is 7.79. The van der Waals surface area contributed by atoms with Crippen LogP contribution in [0.4, 0.5) is 4.39 Å². The van der Waals surface area contributed by atoms with Crippen LogP contribution in [-0.2, 0) is 21.2 Å². The Morgan fingerprint density at radius 1 is 1.30 bits per heavy atom. The lowest BCUT2D eigenvalue weighted by atomic mass is 10.0. The fraction of sp³-hybridized carbons (Fsp3) is 0.562. The van der Waals surface area contributed by atoms with Gasteiger partial charge in [0.25, 0.3) is 0 Å². The lowest BCUT2D eigenvalue weighted by molar-refractivity contribution is -0.127. The average Bonchev–Trinajstić information content (AvgIpc) is 2.49. The number of piperidine rings is 1. The van der Waals surface area contributed by atoms with E-state index in [1.54, 1.807) is 12.1 Å². The summed E-state index contributed by atoms with van der Waals surface area (Å²) < 4.78 is 35.2. The van der Waals surface area contributed by atoms with Crippen LogP contribution in [-0.4, -0.2) is 50.4 Å². The molecule has 0 aliphatic carbocycles. The summed E-state index contributed by atoms with van der Waals surface area (Å²) >= 11 is 0. The molecule has 2 rings (SSSR count). The fourth-order valence-electron chi connectivity index (χ4n) is 2.78. The lowest BCUT2D eigenvalue weighted by Crippen LogP contribution is -2.49. The van der Waals surface area contributed by atoms with Gasteiger partial charge in [-0.25, -0.2) is 12.8 Å². The molecule has 1 saturated heterocycles. The molecule has 1 aromatic rings. The van der Waals surface area contributed by atoms with Crippen molar-refractivity contribution in [1.29, 1.82) is 0 Å². The van der Waals surface area contributed by atoms with Gasteiger partial charge < -0.3 is 5.32 Å². The molecule has 0 bridgehead atoms. The molecule has 0 radical (unpaired) electrons. The Balaban J connectivity index is 1.94. The van der Waals surface area contributed by atoms with Crippen molar-refractivity contribution in [2.75, 3.05) is 25.1 Å². The highest BCUT2D eigenvalue weighted by molar-refractivity contribution is 7.90. The molecule has 0 saturated carbocycles. The van der Waals surface area contributed by atoms with Crippen LogP contribution >= 0.6 is 0 Å². The number of hydrogen-bond donors (Lipinski definition) is 1. The molecular formula is C16H23FN2O3S. The van der Waals surface area contributed by atoms with Gasteiger partial charge in [0.2, 0.25) is 5.91 Å². The zero-order chi connectivity index (χ0) is 16.9. The van der Waals surface area contributed by atoms with Gasteiger partial charge in [0, 0.05) is 19.3 Å². The maximum atomic E-state index is 13.0. The zero-order valence-corrected chi connectivity index (χ0v) is 14.1. The highest BCUT2D eigenvalue weighted by atomic mass is 32.2. The summed E-state index contributed by atoms with van der Waals surface area (Å²) in [6.07, 6.45) is 3.91. The Bertz CT molecular complexity index is 631. The summed E-state index contributed by atoms with van der Waals surface area (Å²) in [5.74, 6) is -0.457. The molecule has 1 fully saturated rings. The van der Waals surface area contributed by atoms with Gasteiger partial charge in [-0.2, -0.15) is 0 Å². The third-order valence-corrected chi connectivity index (χ3v) is 4.93. The van der Waals surface area contributed by atoms with E-state index in [0.29, 0.717) is 6.54 Å². The number of amides is 1. The van der Waals surface area contributed by atoms with Crippen LogP contribution in [0.2, 0.25) is 0 Å². The molecule has 128 valence electrons. The molecule has 1 aromatic carbocycles. The van der Waals surface area contributed by atoms with Gasteiger partial charge in [0.05, 0.1) is 11.8 Å². The third kappa shape index (κ3) is 5.91. The fourth-order valence-corrected chi connectivity index (χ4v) is 3.25. The van der Waals surface area contributed by atoms with Crippen molar-refractivity contribution in [3.05, 3.63) is 35.6 Å². The number of likely N-dealkylation sites (tertiary alicyclic amines) is 1. The number of nitrogens with zero attached hydrogens (tertiary/aromatic N) is 1. The normalized spacial score (nSPS) is 19.5. The molecule has 1 amide bonds. The van der Waals surface area contributed by atoms with E-state index in [2.05, 4.69) is 10.2 Å². The van der Waals surface area contributed by atoms with Gasteiger partial charge in [-0.1, -0.05) is 18.6 Å². The standard InChI is InChI=1S/C16H23FN2O3S/c1-23(21,22)11-9-18-16(20)15-4-2-3-10-19(15)12-13-5-7-14(17)8-6-13/h5-8,15H,2-4,9-12H2,1H3,(H,18,20)/t15-/m0/s1. The van der Waals surface area contributed by atoms with Crippen molar-refractivity contribution >= 4 is 15.7 Å². The van der Waals surface area contributed by atoms with E-state index in [1.165, 1.54) is 12.1 Å². The minimum absolute atomic E-state index is 0.0522. The van der Waals surface area contributed by atoms with Crippen molar-refractivity contribution in [3.63, 3.8) is 0 Å². The highest BCUT2D eigenvalue weighted by Crippen LogP contribution is 2.20. The largest absolute Gasteiger partial charge is 0.354 e. The summed E-state index contributed by atoms with van der Waals surface area (Å²) in [5.41, 5.74) is 0.960. The molecule has 23 heavy (non-hydrogen) atoms. The maximum Gasteiger partial charge on any atom is 0.237 e. The smallest absolute Gasteiger partial charge is 0.237 e. The Hall–Kier alpha value is -1.47. The predicted octanol–water partition coefficient (Wildman–Crippen LogP) is 1.34. The van der Waals surface area contributed by atoms with Crippen LogP contribution in [0.1, 0.15) is 24.8 Å². The van der Waals surface area contributed by atoms with E-state index in [4.69, 9.17) is 0 Å². The quantitative estimate of drug-likeness (QED) is 0.847. The first-order chi connectivity index (χ1) is 10.8. The molecule has 0 aromatic heterocycles. The highest BCUT2D eigenvalue weighted by Gasteiger charge is 2.28. The van der Waals surface area contributed by atoms with Crippen LogP contribution < -0.4 is 5.32 Å². The Labute approximate surface area is 136 Å². The van der Waals surface area contributed by atoms with Crippen molar-refractivity contribution in [1.82, 2.24) is 10.2 Å². The number of benzene rings is 1. The molecule has 5 nitrogen and oxygen atoms in total. The molecule has 1 atom stereocenters. The minimum Gasteiger partial charge on any atom is -0.354 e. The number of rotatable bonds is 6. The van der Waals surface area contributed by atoms with E-state index in [9.17, 15) is 17.6 Å². The zero-order valence-electron chi connectivity index (χ0n) is 13.3. The Morgan fingerprint density at radius 2 is 2.00 bits per heavy atom. The van der Waals surface area contributed by atoms with Gasteiger partial charge in [-0.05, 0) is 37.1 Å². The van der Waals surface area contributed by atoms with E-state index in [0.717, 1.165) is 37.6 Å². The topological polar surface area (TPSA) is 66.5 Å². The second-order valence-electron chi connectivity index (χ2n) is 6.03. The van der Waals surface area contributed by atoms with Gasteiger partial charge >= 0.3 is 0 Å². The number of carbonyl (C=O) groups excluding carboxylic acids is 1. The minimum atomic E-state index is -3.08. The number of sulfone groups is 1. The molecule has 1 aliphatic rings. The van der Waals surface area contributed by atoms with E-state index in [1.807, 2.05) is 0 Å². The van der Waals surface area contributed by atoms with Crippen molar-refractivity contribution in [3.8, 4) is 0 Å². The van der Waals surface area contributed by atoms with Crippen LogP contribution in [0.15, 0.2) is 24.3 Å². The van der Waals surface area contributed by atoms with Gasteiger partial charge in [0.1, 0.15) is 15.7 Å². The summed E-state index contributed by atoms with van der Waals surface area (Å²) in [6.45, 7) is 1.53. The molecule has 0 spiro atoms. The summed E-state index contributed by atoms with van der Waals surface area (Å²) in [5, 5.41) is 2.71. The van der Waals surface area contributed by atoms with Crippen LogP contribution in [0.5, 0.6) is 0 Å². The summed E-state index contributed by atoms with van der Waals surface area (Å²) in [6, 6.07) is 6.03. The second-order valence-corrected chi connectivity index (χ2v) is 8.29. The van der Waals surface area contributed by atoms with Crippen molar-refractivity contribution < 1.29 is 17.6 Å². The molecular weight excluding hydrogens is 319 g/mol. The molecule has 1 heterocycles. The van der Waals surface area contributed by atoms with Gasteiger partial charge in [-0.15, -0.1) is 0 Å². The first kappa shape index (κ1) is 17.9. The Kier molecular flexibility index (Phi) is 6.12. The first-order valence-corrected chi connectivity index (χ1v) is 9.85. The van der Waals surface area contributed by atoms with E-state index >= 15 is 0 Å². The average molecular weight is 342 g/mol. The van der Waals surface area contributed by atoms with Crippen LogP contribution in [0, 0.1) is 5.82 Å². The van der Waals surface area contributed by atoms with E-state index in [-0.39, 0.29) is 30.1 Å². The number of hydrogen-bond acceptors (Lipinski definition) is 4. The Morgan fingerprint density at radius 3 is 2.65 bits per heavy atom. The SMILES string of the molecule is CS(=O)(=O)CCNC(=O)[C@@H]1CCCCN1Cc1ccc(F)cc1. The maximum absolute atomic E-state index is 13.0. The molecule has 0 unspecified atom stereocenters. The monoisotopic (exact) mass is 342 g/mol. The number of carbonyl (C=O) groups is 1. The lowest BCUT2D eigenvalue weighted by Gasteiger charge is -2.34. The summed E-state index contributed by atoms with van der Waals surface area (Å²) in [7, 11) is -3.08. The van der Waals surface area contributed by atoms with E-state index < -0.39 is 9.84 Å². The van der Waals surface area contributed by atoms with Gasteiger partial charge in [0.15, 0.2) is 0 Å². The summed E-state index contributed by atoms with van der Waals surface area (Å²) in [4.78, 5) is 14.4. The van der Waals surface area contributed by atoms with Crippen molar-refractivity contribution in [2.45, 2.75) is 31.8 Å². The van der Waals surface area contributed by atoms with Crippen molar-refractivity contribution in [2.24, 2.45) is 0 Å². The number of nitrogens with one attached hydrogen (secondary N) is 1. The predicted molar refractivity (Wildman–Crippen MR) is 87.2 cm³/mol. The molecule has 7 heteroatoms.